The van der Waals surface area contributed by atoms with Gasteiger partial charge in [0.25, 0.3) is 0 Å². The lowest BCUT2D eigenvalue weighted by molar-refractivity contribution is -0.126. The van der Waals surface area contributed by atoms with Crippen LogP contribution in [0.4, 0.5) is 0 Å². The first-order chi connectivity index (χ1) is 13.4. The van der Waals surface area contributed by atoms with Crippen LogP contribution < -0.4 is 5.32 Å². The van der Waals surface area contributed by atoms with Crippen molar-refractivity contribution in [3.8, 4) is 0 Å². The average molecular weight is 386 g/mol. The summed E-state index contributed by atoms with van der Waals surface area (Å²) in [7, 11) is 0. The summed E-state index contributed by atoms with van der Waals surface area (Å²) in [5.41, 5.74) is 1.63. The molecule has 156 valence electrons. The molecule has 0 radical (unpaired) electrons. The number of nitrogens with zero attached hydrogens (tertiary/aromatic N) is 2. The molecule has 0 unspecified atom stereocenters. The molecular formula is C24H39N3O. The fourth-order valence-electron chi connectivity index (χ4n) is 4.63. The zero-order chi connectivity index (χ0) is 20.0. The van der Waals surface area contributed by atoms with E-state index >= 15 is 0 Å². The molecule has 2 heterocycles. The van der Waals surface area contributed by atoms with E-state index in [1.54, 1.807) is 0 Å². The zero-order valence-electron chi connectivity index (χ0n) is 18.1. The summed E-state index contributed by atoms with van der Waals surface area (Å²) in [4.78, 5) is 17.6. The number of carbonyl (C=O) groups is 1. The molecule has 2 aliphatic rings. The van der Waals surface area contributed by atoms with Gasteiger partial charge in [0.15, 0.2) is 0 Å². The highest BCUT2D eigenvalue weighted by atomic mass is 16.1. The number of rotatable bonds is 6. The molecule has 28 heavy (non-hydrogen) atoms. The summed E-state index contributed by atoms with van der Waals surface area (Å²) < 4.78 is 0. The van der Waals surface area contributed by atoms with E-state index in [1.807, 2.05) is 0 Å². The van der Waals surface area contributed by atoms with Crippen molar-refractivity contribution in [3.63, 3.8) is 0 Å². The Kier molecular flexibility index (Phi) is 7.53. The van der Waals surface area contributed by atoms with Crippen LogP contribution in [0.3, 0.4) is 0 Å². The first kappa shape index (κ1) is 21.3. The summed E-state index contributed by atoms with van der Waals surface area (Å²) in [6.07, 6.45) is 5.65. The molecule has 2 fully saturated rings. The summed E-state index contributed by atoms with van der Waals surface area (Å²) >= 11 is 0. The van der Waals surface area contributed by atoms with Crippen LogP contribution in [0.2, 0.25) is 0 Å². The van der Waals surface area contributed by atoms with Crippen molar-refractivity contribution >= 4 is 5.91 Å². The number of benzene rings is 1. The highest BCUT2D eigenvalue weighted by molar-refractivity contribution is 5.78. The molecule has 3 rings (SSSR count). The number of hydrogen-bond donors (Lipinski definition) is 1. The number of likely N-dealkylation sites (tertiary alicyclic amines) is 2. The number of nitrogens with one attached hydrogen (secondary N) is 1. The minimum atomic E-state index is 0.214. The maximum absolute atomic E-state index is 12.5. The Balaban J connectivity index is 1.29. The number of hydrogen-bond acceptors (Lipinski definition) is 3. The average Bonchev–Trinajstić information content (AvgIpc) is 2.69. The number of amides is 1. The van der Waals surface area contributed by atoms with E-state index in [0.717, 1.165) is 51.4 Å². The molecule has 1 N–H and O–H groups in total. The first-order valence-electron chi connectivity index (χ1n) is 11.2. The van der Waals surface area contributed by atoms with Gasteiger partial charge < -0.3 is 5.32 Å². The van der Waals surface area contributed by atoms with Crippen LogP contribution in [0, 0.1) is 11.8 Å². The predicted molar refractivity (Wildman–Crippen MR) is 116 cm³/mol. The van der Waals surface area contributed by atoms with Crippen molar-refractivity contribution in [2.24, 2.45) is 11.8 Å². The van der Waals surface area contributed by atoms with E-state index in [-0.39, 0.29) is 17.4 Å². The highest BCUT2D eigenvalue weighted by Gasteiger charge is 2.30. The second kappa shape index (κ2) is 9.89. The molecule has 0 aromatic heterocycles. The normalized spacial score (nSPS) is 21.0. The Morgan fingerprint density at radius 1 is 1.00 bits per heavy atom. The van der Waals surface area contributed by atoms with Crippen LogP contribution in [0.5, 0.6) is 0 Å². The van der Waals surface area contributed by atoms with E-state index in [2.05, 4.69) is 66.2 Å². The quantitative estimate of drug-likeness (QED) is 0.806. The van der Waals surface area contributed by atoms with Crippen LogP contribution in [-0.4, -0.2) is 54.0 Å². The van der Waals surface area contributed by atoms with Crippen LogP contribution in [0.1, 0.15) is 58.4 Å². The van der Waals surface area contributed by atoms with Gasteiger partial charge in [0.1, 0.15) is 0 Å². The van der Waals surface area contributed by atoms with E-state index in [4.69, 9.17) is 0 Å². The fraction of sp³-hybridized carbons (Fsp3) is 0.708. The van der Waals surface area contributed by atoms with Gasteiger partial charge in [-0.1, -0.05) is 30.3 Å². The molecule has 1 aromatic rings. The molecule has 4 heteroatoms. The minimum absolute atomic E-state index is 0.214. The second-order valence-corrected chi connectivity index (χ2v) is 9.72. The number of piperidine rings is 2. The fourth-order valence-corrected chi connectivity index (χ4v) is 4.63. The maximum atomic E-state index is 12.5. The monoisotopic (exact) mass is 385 g/mol. The molecule has 0 atom stereocenters. The van der Waals surface area contributed by atoms with Crippen LogP contribution in [-0.2, 0) is 11.3 Å². The van der Waals surface area contributed by atoms with E-state index in [9.17, 15) is 4.79 Å². The topological polar surface area (TPSA) is 35.6 Å². The van der Waals surface area contributed by atoms with Crippen molar-refractivity contribution in [3.05, 3.63) is 35.9 Å². The van der Waals surface area contributed by atoms with E-state index < -0.39 is 0 Å². The van der Waals surface area contributed by atoms with Gasteiger partial charge >= 0.3 is 0 Å². The number of carbonyl (C=O) groups excluding carboxylic acids is 1. The van der Waals surface area contributed by atoms with Crippen LogP contribution in [0.25, 0.3) is 0 Å². The van der Waals surface area contributed by atoms with Crippen LogP contribution in [0.15, 0.2) is 30.3 Å². The summed E-state index contributed by atoms with van der Waals surface area (Å²) in [6.45, 7) is 13.1. The maximum Gasteiger partial charge on any atom is 0.223 e. The Morgan fingerprint density at radius 2 is 1.64 bits per heavy atom. The highest BCUT2D eigenvalue weighted by Crippen LogP contribution is 2.24. The molecule has 2 aliphatic heterocycles. The molecule has 0 saturated carbocycles. The van der Waals surface area contributed by atoms with Crippen molar-refractivity contribution in [1.82, 2.24) is 15.1 Å². The van der Waals surface area contributed by atoms with Gasteiger partial charge in [-0.15, -0.1) is 0 Å². The lowest BCUT2D eigenvalue weighted by Crippen LogP contribution is -2.48. The lowest BCUT2D eigenvalue weighted by Gasteiger charge is -2.40. The third-order valence-corrected chi connectivity index (χ3v) is 6.62. The molecule has 2 saturated heterocycles. The zero-order valence-corrected chi connectivity index (χ0v) is 18.1. The van der Waals surface area contributed by atoms with Gasteiger partial charge in [0.05, 0.1) is 0 Å². The Bertz CT molecular complexity index is 594. The van der Waals surface area contributed by atoms with Gasteiger partial charge in [-0.3, -0.25) is 14.6 Å². The molecule has 0 bridgehead atoms. The molecule has 1 aromatic carbocycles. The molecule has 0 spiro atoms. The SMILES string of the molecule is CC(C)(C)N1CCC(C(=O)NCCC2CCN(Cc3ccccc3)CC2)CC1. The first-order valence-corrected chi connectivity index (χ1v) is 11.2. The standard InChI is InChI=1S/C24H39N3O/c1-24(2,3)27-17-12-22(13-18-27)23(28)25-14-9-20-10-15-26(16-11-20)19-21-7-5-4-6-8-21/h4-8,20,22H,9-19H2,1-3H3,(H,25,28). The van der Waals surface area contributed by atoms with Gasteiger partial charge in [-0.25, -0.2) is 0 Å². The summed E-state index contributed by atoms with van der Waals surface area (Å²) in [5, 5.41) is 3.23. The Labute approximate surface area is 171 Å². The van der Waals surface area contributed by atoms with Crippen molar-refractivity contribution < 1.29 is 4.79 Å². The van der Waals surface area contributed by atoms with E-state index in [1.165, 1.54) is 31.5 Å². The minimum Gasteiger partial charge on any atom is -0.356 e. The molecule has 4 nitrogen and oxygen atoms in total. The van der Waals surface area contributed by atoms with Crippen LogP contribution >= 0.6 is 0 Å². The van der Waals surface area contributed by atoms with Crippen molar-refractivity contribution in [1.29, 1.82) is 0 Å². The smallest absolute Gasteiger partial charge is 0.223 e. The van der Waals surface area contributed by atoms with Gasteiger partial charge in [0, 0.05) is 24.5 Å². The van der Waals surface area contributed by atoms with Gasteiger partial charge in [-0.05, 0) is 90.5 Å². The third kappa shape index (κ3) is 6.31. The second-order valence-electron chi connectivity index (χ2n) is 9.72. The van der Waals surface area contributed by atoms with Gasteiger partial charge in [0.2, 0.25) is 5.91 Å². The third-order valence-electron chi connectivity index (χ3n) is 6.62. The van der Waals surface area contributed by atoms with Crippen molar-refractivity contribution in [2.75, 3.05) is 32.7 Å². The van der Waals surface area contributed by atoms with Crippen molar-refractivity contribution in [2.45, 2.75) is 65.0 Å². The van der Waals surface area contributed by atoms with E-state index in [0.29, 0.717) is 0 Å². The molecule has 0 aliphatic carbocycles. The predicted octanol–water partition coefficient (Wildman–Crippen LogP) is 3.92. The Morgan fingerprint density at radius 3 is 2.25 bits per heavy atom. The molecule has 1 amide bonds. The summed E-state index contributed by atoms with van der Waals surface area (Å²) in [5.74, 6) is 1.26. The molecular weight excluding hydrogens is 346 g/mol. The largest absolute Gasteiger partial charge is 0.356 e. The van der Waals surface area contributed by atoms with Gasteiger partial charge in [-0.2, -0.15) is 0 Å². The lowest BCUT2D eigenvalue weighted by atomic mass is 9.91. The summed E-state index contributed by atoms with van der Waals surface area (Å²) in [6, 6.07) is 10.8. The Hall–Kier alpha value is -1.39.